The molecule has 4 N–H and O–H groups in total. The van der Waals surface area contributed by atoms with Gasteiger partial charge in [-0.15, -0.1) is 0 Å². The number of aliphatic carboxylic acids is 1. The van der Waals surface area contributed by atoms with Crippen molar-refractivity contribution in [2.24, 2.45) is 0 Å². The Morgan fingerprint density at radius 1 is 1.36 bits per heavy atom. The van der Waals surface area contributed by atoms with Crippen LogP contribution in [0.5, 0.6) is 0 Å². The first-order chi connectivity index (χ1) is 4.95. The van der Waals surface area contributed by atoms with Crippen LogP contribution in [0.1, 0.15) is 6.92 Å². The van der Waals surface area contributed by atoms with Crippen LogP contribution in [0, 0.1) is 0 Å². The maximum Gasteiger partial charge on any atom is 0.370 e. The van der Waals surface area contributed by atoms with Crippen LogP contribution >= 0.6 is 0 Å². The molecule has 0 heterocycles. The van der Waals surface area contributed by atoms with Crippen molar-refractivity contribution in [3.63, 3.8) is 0 Å². The molecule has 11 heavy (non-hydrogen) atoms. The highest BCUT2D eigenvalue weighted by molar-refractivity contribution is 5.83. The van der Waals surface area contributed by atoms with Gasteiger partial charge in [-0.25, -0.2) is 4.79 Å². The average molecular weight is 162 g/mol. The number of hydrogen-bond donors (Lipinski definition) is 4. The predicted octanol–water partition coefficient (Wildman–Crippen LogP) is -0.745. The minimum atomic E-state index is -1.54. The lowest BCUT2D eigenvalue weighted by Crippen LogP contribution is -2.21. The summed E-state index contributed by atoms with van der Waals surface area (Å²) in [5.74, 6) is -2.51. The Balaban J connectivity index is 4.19. The molecule has 5 nitrogen and oxygen atoms in total. The molecule has 0 aromatic carbocycles. The molecule has 0 amide bonds. The number of carboxylic acid groups (broad SMARTS) is 1. The molecule has 0 radical (unpaired) electrons. The molecular weight excluding hydrogens is 152 g/mol. The van der Waals surface area contributed by atoms with Gasteiger partial charge in [0.15, 0.2) is 5.76 Å². The van der Waals surface area contributed by atoms with Crippen LogP contribution in [-0.2, 0) is 4.79 Å². The van der Waals surface area contributed by atoms with Gasteiger partial charge >= 0.3 is 5.97 Å². The summed E-state index contributed by atoms with van der Waals surface area (Å²) in [6.45, 7) is 1.27. The second-order valence-electron chi connectivity index (χ2n) is 2.09. The van der Waals surface area contributed by atoms with Crippen LogP contribution < -0.4 is 0 Å². The smallest absolute Gasteiger partial charge is 0.370 e. The molecule has 0 bridgehead atoms. The summed E-state index contributed by atoms with van der Waals surface area (Å²) >= 11 is 0. The Morgan fingerprint density at radius 3 is 2.09 bits per heavy atom. The lowest BCUT2D eigenvalue weighted by molar-refractivity contribution is -0.135. The van der Waals surface area contributed by atoms with E-state index in [2.05, 4.69) is 0 Å². The Morgan fingerprint density at radius 2 is 1.82 bits per heavy atom. The number of carboxylic acids is 1. The molecule has 0 aliphatic heterocycles. The third-order valence-corrected chi connectivity index (χ3v) is 1.04. The maximum absolute atomic E-state index is 9.95. The van der Waals surface area contributed by atoms with E-state index in [-0.39, 0.29) is 0 Å². The maximum atomic E-state index is 9.95. The summed E-state index contributed by atoms with van der Waals surface area (Å²) in [5.41, 5.74) is 0. The third kappa shape index (κ3) is 3.59. The van der Waals surface area contributed by atoms with Crippen LogP contribution in [0.25, 0.3) is 0 Å². The van der Waals surface area contributed by atoms with Gasteiger partial charge in [-0.05, 0) is 13.0 Å². The van der Waals surface area contributed by atoms with Crippen LogP contribution in [0.3, 0.4) is 0 Å². The van der Waals surface area contributed by atoms with E-state index in [4.69, 9.17) is 20.4 Å². The molecule has 0 aromatic heterocycles. The fourth-order valence-corrected chi connectivity index (χ4v) is 0.372. The van der Waals surface area contributed by atoms with Gasteiger partial charge in [-0.2, -0.15) is 0 Å². The second-order valence-corrected chi connectivity index (χ2v) is 2.09. The fourth-order valence-electron chi connectivity index (χ4n) is 0.372. The predicted molar refractivity (Wildman–Crippen MR) is 36.0 cm³/mol. The van der Waals surface area contributed by atoms with E-state index < -0.39 is 23.9 Å². The number of hydrogen-bond acceptors (Lipinski definition) is 4. The normalized spacial score (nSPS) is 17.5. The van der Waals surface area contributed by atoms with Crippen LogP contribution in [0.4, 0.5) is 0 Å². The van der Waals surface area contributed by atoms with Crippen molar-refractivity contribution in [3.05, 3.63) is 11.8 Å². The zero-order valence-corrected chi connectivity index (χ0v) is 5.93. The highest BCUT2D eigenvalue weighted by Crippen LogP contribution is 1.97. The van der Waals surface area contributed by atoms with Crippen LogP contribution in [-0.4, -0.2) is 38.6 Å². The minimum Gasteiger partial charge on any atom is -0.502 e. The number of aliphatic hydroxyl groups is 3. The van der Waals surface area contributed by atoms with E-state index in [1.54, 1.807) is 0 Å². The number of aliphatic hydroxyl groups excluding tert-OH is 3. The molecule has 0 aliphatic rings. The van der Waals surface area contributed by atoms with E-state index in [9.17, 15) is 4.79 Å². The molecule has 0 fully saturated rings. The van der Waals surface area contributed by atoms with Crippen molar-refractivity contribution < 1.29 is 25.2 Å². The van der Waals surface area contributed by atoms with Gasteiger partial charge in [0, 0.05) is 0 Å². The van der Waals surface area contributed by atoms with E-state index in [0.717, 1.165) is 0 Å². The molecular formula is C6H10O5. The molecule has 5 heteroatoms. The Hall–Kier alpha value is -1.07. The van der Waals surface area contributed by atoms with Crippen molar-refractivity contribution >= 4 is 5.97 Å². The van der Waals surface area contributed by atoms with Crippen molar-refractivity contribution in [3.8, 4) is 0 Å². The first-order valence-corrected chi connectivity index (χ1v) is 2.95. The van der Waals surface area contributed by atoms with Gasteiger partial charge in [0.25, 0.3) is 0 Å². The largest absolute Gasteiger partial charge is 0.502 e. The van der Waals surface area contributed by atoms with Crippen molar-refractivity contribution in [2.75, 3.05) is 0 Å². The Labute approximate surface area is 63.2 Å². The van der Waals surface area contributed by atoms with Gasteiger partial charge < -0.3 is 20.4 Å². The van der Waals surface area contributed by atoms with E-state index in [1.165, 1.54) is 6.92 Å². The lowest BCUT2D eigenvalue weighted by Gasteiger charge is -2.07. The molecule has 0 aromatic rings. The third-order valence-electron chi connectivity index (χ3n) is 1.04. The lowest BCUT2D eigenvalue weighted by atomic mass is 10.2. The van der Waals surface area contributed by atoms with Gasteiger partial charge in [0.2, 0.25) is 0 Å². The van der Waals surface area contributed by atoms with Crippen molar-refractivity contribution in [1.82, 2.24) is 0 Å². The van der Waals surface area contributed by atoms with Gasteiger partial charge in [-0.1, -0.05) is 0 Å². The zero-order chi connectivity index (χ0) is 9.02. The molecule has 0 unspecified atom stereocenters. The highest BCUT2D eigenvalue weighted by atomic mass is 16.4. The summed E-state index contributed by atoms with van der Waals surface area (Å²) in [4.78, 5) is 9.95. The van der Waals surface area contributed by atoms with Crippen LogP contribution in [0.15, 0.2) is 11.8 Å². The van der Waals surface area contributed by atoms with Gasteiger partial charge in [-0.3, -0.25) is 0 Å². The SMILES string of the molecule is C[C@H](O)[C@H](O)C=C(O)C(=O)O. The van der Waals surface area contributed by atoms with Gasteiger partial charge in [0.1, 0.15) is 6.10 Å². The second kappa shape index (κ2) is 3.95. The van der Waals surface area contributed by atoms with E-state index >= 15 is 0 Å². The Bertz CT molecular complexity index is 172. The zero-order valence-electron chi connectivity index (χ0n) is 5.93. The van der Waals surface area contributed by atoms with E-state index in [1.807, 2.05) is 0 Å². The van der Waals surface area contributed by atoms with Gasteiger partial charge in [0.05, 0.1) is 6.10 Å². The number of rotatable bonds is 3. The summed E-state index contributed by atoms with van der Waals surface area (Å²) in [5, 5.41) is 34.1. The number of carbonyl (C=O) groups is 1. The van der Waals surface area contributed by atoms with Crippen molar-refractivity contribution in [2.45, 2.75) is 19.1 Å². The molecule has 0 spiro atoms. The first-order valence-electron chi connectivity index (χ1n) is 2.95. The molecule has 2 atom stereocenters. The topological polar surface area (TPSA) is 98.0 Å². The highest BCUT2D eigenvalue weighted by Gasteiger charge is 2.11. The van der Waals surface area contributed by atoms with Crippen LogP contribution in [0.2, 0.25) is 0 Å². The summed E-state index contributed by atoms with van der Waals surface area (Å²) < 4.78 is 0. The summed E-state index contributed by atoms with van der Waals surface area (Å²) in [6.07, 6.45) is -1.80. The molecule has 0 saturated carbocycles. The summed E-state index contributed by atoms with van der Waals surface area (Å²) in [7, 11) is 0. The Kier molecular flexibility index (Phi) is 3.56. The fraction of sp³-hybridized carbons (Fsp3) is 0.500. The monoisotopic (exact) mass is 162 g/mol. The summed E-state index contributed by atoms with van der Waals surface area (Å²) in [6, 6.07) is 0. The minimum absolute atomic E-state index is 0.660. The molecule has 0 saturated heterocycles. The standard InChI is InChI=1S/C6H10O5/c1-3(7)4(8)2-5(9)6(10)11/h2-4,7-9H,1H3,(H,10,11)/t3-,4+/m0/s1. The molecule has 0 aliphatic carbocycles. The quantitative estimate of drug-likeness (QED) is 0.323. The molecule has 64 valence electrons. The first kappa shape index (κ1) is 9.93. The average Bonchev–Trinajstić information content (AvgIpc) is 1.87. The van der Waals surface area contributed by atoms with Crippen molar-refractivity contribution in [1.29, 1.82) is 0 Å². The molecule has 0 rings (SSSR count). The van der Waals surface area contributed by atoms with E-state index in [0.29, 0.717) is 6.08 Å².